The van der Waals surface area contributed by atoms with Crippen molar-refractivity contribution in [1.82, 2.24) is 0 Å². The van der Waals surface area contributed by atoms with Crippen LogP contribution in [0, 0.1) is 5.92 Å². The van der Waals surface area contributed by atoms with Crippen molar-refractivity contribution >= 4 is 15.9 Å². The van der Waals surface area contributed by atoms with E-state index in [4.69, 9.17) is 0 Å². The van der Waals surface area contributed by atoms with Gasteiger partial charge in [-0.3, -0.25) is 0 Å². The van der Waals surface area contributed by atoms with E-state index in [9.17, 15) is 0 Å². The molecule has 8 heavy (non-hydrogen) atoms. The zero-order valence-corrected chi connectivity index (χ0v) is 6.52. The zero-order chi connectivity index (χ0) is 5.82. The van der Waals surface area contributed by atoms with Crippen LogP contribution in [0.25, 0.3) is 0 Å². The molecule has 1 heteroatoms. The first-order valence-corrected chi connectivity index (χ1v) is 4.28. The summed E-state index contributed by atoms with van der Waals surface area (Å²) in [7, 11) is 0. The van der Waals surface area contributed by atoms with Crippen molar-refractivity contribution in [3.05, 3.63) is 12.2 Å². The molecule has 1 aliphatic rings. The van der Waals surface area contributed by atoms with Gasteiger partial charge in [0, 0.05) is 5.33 Å². The standard InChI is InChI=1S/C7H11Br/c8-6-2-5-7-3-1-4-7/h2,5,7H,1,3-4,6H2. The molecule has 0 aromatic rings. The molecule has 1 fully saturated rings. The number of allylic oxidation sites excluding steroid dienone is 2. The van der Waals surface area contributed by atoms with Gasteiger partial charge in [-0.1, -0.05) is 34.5 Å². The minimum Gasteiger partial charge on any atom is -0.0883 e. The van der Waals surface area contributed by atoms with E-state index < -0.39 is 0 Å². The van der Waals surface area contributed by atoms with Gasteiger partial charge in [-0.05, 0) is 18.8 Å². The first-order valence-electron chi connectivity index (χ1n) is 3.16. The van der Waals surface area contributed by atoms with Gasteiger partial charge >= 0.3 is 0 Å². The number of rotatable bonds is 2. The molecule has 46 valence electrons. The molecule has 0 radical (unpaired) electrons. The normalized spacial score (nSPS) is 21.6. The van der Waals surface area contributed by atoms with Crippen molar-refractivity contribution in [3.63, 3.8) is 0 Å². The highest BCUT2D eigenvalue weighted by molar-refractivity contribution is 9.09. The first-order chi connectivity index (χ1) is 3.93. The van der Waals surface area contributed by atoms with Crippen LogP contribution in [0.5, 0.6) is 0 Å². The van der Waals surface area contributed by atoms with Crippen molar-refractivity contribution in [3.8, 4) is 0 Å². The second-order valence-corrected chi connectivity index (χ2v) is 2.92. The van der Waals surface area contributed by atoms with Crippen LogP contribution in [0.15, 0.2) is 12.2 Å². The maximum atomic E-state index is 3.34. The largest absolute Gasteiger partial charge is 0.0883 e. The lowest BCUT2D eigenvalue weighted by molar-refractivity contribution is 0.387. The molecule has 0 aromatic carbocycles. The molecule has 0 N–H and O–H groups in total. The summed E-state index contributed by atoms with van der Waals surface area (Å²) < 4.78 is 0. The summed E-state index contributed by atoms with van der Waals surface area (Å²) in [6, 6.07) is 0. The molecule has 0 amide bonds. The lowest BCUT2D eigenvalue weighted by Gasteiger charge is -2.20. The fraction of sp³-hybridized carbons (Fsp3) is 0.714. The van der Waals surface area contributed by atoms with Crippen molar-refractivity contribution in [2.45, 2.75) is 19.3 Å². The summed E-state index contributed by atoms with van der Waals surface area (Å²) in [4.78, 5) is 0. The molecule has 0 spiro atoms. The fourth-order valence-corrected chi connectivity index (χ4v) is 1.09. The maximum absolute atomic E-state index is 3.34. The van der Waals surface area contributed by atoms with E-state index in [1.54, 1.807) is 0 Å². The number of alkyl halides is 1. The minimum atomic E-state index is 0.924. The third-order valence-electron chi connectivity index (χ3n) is 1.65. The van der Waals surface area contributed by atoms with Crippen LogP contribution in [0.1, 0.15) is 19.3 Å². The highest BCUT2D eigenvalue weighted by Crippen LogP contribution is 2.27. The van der Waals surface area contributed by atoms with Crippen LogP contribution in [0.3, 0.4) is 0 Å². The Hall–Kier alpha value is 0.220. The van der Waals surface area contributed by atoms with Gasteiger partial charge in [0.05, 0.1) is 0 Å². The fourth-order valence-electron chi connectivity index (χ4n) is 0.876. The van der Waals surface area contributed by atoms with Crippen molar-refractivity contribution in [2.75, 3.05) is 5.33 Å². The molecule has 1 aliphatic carbocycles. The third kappa shape index (κ3) is 1.62. The Morgan fingerprint density at radius 1 is 1.50 bits per heavy atom. The molecular formula is C7H11Br. The molecule has 0 nitrogen and oxygen atoms in total. The molecule has 1 rings (SSSR count). The minimum absolute atomic E-state index is 0.924. The molecule has 1 saturated carbocycles. The lowest BCUT2D eigenvalue weighted by Crippen LogP contribution is -2.06. The summed E-state index contributed by atoms with van der Waals surface area (Å²) in [5.41, 5.74) is 0. The van der Waals surface area contributed by atoms with Gasteiger partial charge in [0.15, 0.2) is 0 Å². The maximum Gasteiger partial charge on any atom is 0.0212 e. The Morgan fingerprint density at radius 2 is 2.25 bits per heavy atom. The summed E-state index contributed by atoms with van der Waals surface area (Å²) >= 11 is 3.34. The second kappa shape index (κ2) is 3.29. The Kier molecular flexibility index (Phi) is 2.60. The first kappa shape index (κ1) is 6.34. The quantitative estimate of drug-likeness (QED) is 0.447. The smallest absolute Gasteiger partial charge is 0.0212 e. The molecule has 0 heterocycles. The van der Waals surface area contributed by atoms with E-state index in [2.05, 4.69) is 28.1 Å². The average Bonchev–Trinajstić information content (AvgIpc) is 1.63. The van der Waals surface area contributed by atoms with E-state index in [1.807, 2.05) is 0 Å². The Bertz CT molecular complexity index is 82.4. The van der Waals surface area contributed by atoms with Crippen molar-refractivity contribution < 1.29 is 0 Å². The van der Waals surface area contributed by atoms with E-state index in [-0.39, 0.29) is 0 Å². The van der Waals surface area contributed by atoms with Crippen LogP contribution in [0.2, 0.25) is 0 Å². The van der Waals surface area contributed by atoms with Gasteiger partial charge in [0.2, 0.25) is 0 Å². The van der Waals surface area contributed by atoms with Crippen LogP contribution in [-0.2, 0) is 0 Å². The predicted octanol–water partition coefficient (Wildman–Crippen LogP) is 2.74. The predicted molar refractivity (Wildman–Crippen MR) is 40.3 cm³/mol. The van der Waals surface area contributed by atoms with Gasteiger partial charge in [0.1, 0.15) is 0 Å². The van der Waals surface area contributed by atoms with E-state index in [1.165, 1.54) is 19.3 Å². The van der Waals surface area contributed by atoms with Crippen molar-refractivity contribution in [1.29, 1.82) is 0 Å². The van der Waals surface area contributed by atoms with E-state index in [0.717, 1.165) is 11.2 Å². The number of halogens is 1. The van der Waals surface area contributed by atoms with Gasteiger partial charge in [-0.15, -0.1) is 0 Å². The zero-order valence-electron chi connectivity index (χ0n) is 4.94. The molecule has 0 aliphatic heterocycles. The van der Waals surface area contributed by atoms with Crippen molar-refractivity contribution in [2.24, 2.45) is 5.92 Å². The molecular weight excluding hydrogens is 164 g/mol. The van der Waals surface area contributed by atoms with E-state index in [0.29, 0.717) is 0 Å². The average molecular weight is 175 g/mol. The Balaban J connectivity index is 2.08. The molecule has 0 atom stereocenters. The number of hydrogen-bond donors (Lipinski definition) is 0. The Labute approximate surface area is 59.1 Å². The highest BCUT2D eigenvalue weighted by atomic mass is 79.9. The van der Waals surface area contributed by atoms with Gasteiger partial charge in [-0.2, -0.15) is 0 Å². The van der Waals surface area contributed by atoms with Crippen LogP contribution < -0.4 is 0 Å². The summed E-state index contributed by atoms with van der Waals surface area (Å²) in [6.07, 6.45) is 8.80. The third-order valence-corrected chi connectivity index (χ3v) is 2.02. The topological polar surface area (TPSA) is 0 Å². The highest BCUT2D eigenvalue weighted by Gasteiger charge is 2.12. The number of hydrogen-bond acceptors (Lipinski definition) is 0. The summed E-state index contributed by atoms with van der Waals surface area (Å²) in [5.74, 6) is 0.924. The van der Waals surface area contributed by atoms with Gasteiger partial charge in [0.25, 0.3) is 0 Å². The molecule has 0 saturated heterocycles. The molecule has 0 bridgehead atoms. The molecule has 0 aromatic heterocycles. The summed E-state index contributed by atoms with van der Waals surface area (Å²) in [6.45, 7) is 0. The monoisotopic (exact) mass is 174 g/mol. The lowest BCUT2D eigenvalue weighted by atomic mass is 9.85. The van der Waals surface area contributed by atoms with Crippen LogP contribution in [0.4, 0.5) is 0 Å². The van der Waals surface area contributed by atoms with Crippen LogP contribution >= 0.6 is 15.9 Å². The summed E-state index contributed by atoms with van der Waals surface area (Å²) in [5, 5.41) is 1.02. The SMILES string of the molecule is BrCC=CC1CCC1. The van der Waals surface area contributed by atoms with Gasteiger partial charge < -0.3 is 0 Å². The molecule has 0 unspecified atom stereocenters. The Morgan fingerprint density at radius 3 is 2.62 bits per heavy atom. The second-order valence-electron chi connectivity index (χ2n) is 2.27. The van der Waals surface area contributed by atoms with Gasteiger partial charge in [-0.25, -0.2) is 0 Å². The van der Waals surface area contributed by atoms with E-state index >= 15 is 0 Å². The van der Waals surface area contributed by atoms with Crippen LogP contribution in [-0.4, -0.2) is 5.33 Å².